The van der Waals surface area contributed by atoms with Crippen molar-refractivity contribution in [1.29, 1.82) is 0 Å². The predicted molar refractivity (Wildman–Crippen MR) is 112 cm³/mol. The third-order valence-corrected chi connectivity index (χ3v) is 5.29. The predicted octanol–water partition coefficient (Wildman–Crippen LogP) is 3.15. The Morgan fingerprint density at radius 2 is 1.76 bits per heavy atom. The molecule has 1 aliphatic rings. The zero-order valence-corrected chi connectivity index (χ0v) is 16.4. The number of ketones is 1. The second-order valence-corrected chi connectivity index (χ2v) is 7.45. The summed E-state index contributed by atoms with van der Waals surface area (Å²) in [6.45, 7) is 1.01. The first-order chi connectivity index (χ1) is 14.0. The molecule has 1 amide bonds. The van der Waals surface area contributed by atoms with Gasteiger partial charge in [0, 0.05) is 35.8 Å². The van der Waals surface area contributed by atoms with E-state index in [4.69, 9.17) is 0 Å². The highest BCUT2D eigenvalue weighted by Gasteiger charge is 2.46. The van der Waals surface area contributed by atoms with Crippen LogP contribution in [0.25, 0.3) is 16.7 Å². The lowest BCUT2D eigenvalue weighted by Crippen LogP contribution is -2.35. The van der Waals surface area contributed by atoms with Crippen LogP contribution in [0.15, 0.2) is 66.4 Å². The Labute approximate surface area is 169 Å². The van der Waals surface area contributed by atoms with E-state index < -0.39 is 17.7 Å². The van der Waals surface area contributed by atoms with E-state index in [1.807, 2.05) is 73.6 Å². The van der Waals surface area contributed by atoms with Crippen LogP contribution in [0.2, 0.25) is 0 Å². The van der Waals surface area contributed by atoms with E-state index >= 15 is 0 Å². The Kier molecular flexibility index (Phi) is 4.94. The topological polar surface area (TPSA) is 76.6 Å². The van der Waals surface area contributed by atoms with Gasteiger partial charge in [0.15, 0.2) is 0 Å². The lowest BCUT2D eigenvalue weighted by Gasteiger charge is -2.26. The van der Waals surface area contributed by atoms with Crippen LogP contribution in [0, 0.1) is 0 Å². The number of rotatable bonds is 5. The molecule has 1 aromatic heterocycles. The average Bonchev–Trinajstić information content (AvgIpc) is 3.26. The Bertz CT molecular complexity index is 1100. The van der Waals surface area contributed by atoms with Crippen molar-refractivity contribution in [2.75, 3.05) is 27.2 Å². The molecule has 148 valence electrons. The van der Waals surface area contributed by atoms with E-state index in [9.17, 15) is 14.7 Å². The Balaban J connectivity index is 1.88. The summed E-state index contributed by atoms with van der Waals surface area (Å²) in [5.41, 5.74) is 2.30. The van der Waals surface area contributed by atoms with Gasteiger partial charge in [-0.1, -0.05) is 48.5 Å². The summed E-state index contributed by atoms with van der Waals surface area (Å²) in [6.07, 6.45) is 1.68. The maximum absolute atomic E-state index is 13.0. The number of fused-ring (bicyclic) bond motifs is 1. The van der Waals surface area contributed by atoms with E-state index in [1.54, 1.807) is 11.1 Å². The molecule has 1 saturated heterocycles. The zero-order chi connectivity index (χ0) is 20.5. The molecule has 6 heteroatoms. The van der Waals surface area contributed by atoms with Crippen molar-refractivity contribution < 1.29 is 14.7 Å². The maximum atomic E-state index is 13.0. The molecule has 0 radical (unpaired) electrons. The fourth-order valence-electron chi connectivity index (χ4n) is 3.81. The van der Waals surface area contributed by atoms with Crippen LogP contribution >= 0.6 is 0 Å². The number of carbonyl (C=O) groups excluding carboxylic acids is 2. The van der Waals surface area contributed by atoms with Crippen molar-refractivity contribution in [3.63, 3.8) is 0 Å². The molecule has 2 N–H and O–H groups in total. The summed E-state index contributed by atoms with van der Waals surface area (Å²) in [7, 11) is 3.83. The minimum Gasteiger partial charge on any atom is -0.507 e. The van der Waals surface area contributed by atoms with E-state index in [0.717, 1.165) is 16.5 Å². The summed E-state index contributed by atoms with van der Waals surface area (Å²) < 4.78 is 0. The smallest absolute Gasteiger partial charge is 0.295 e. The Morgan fingerprint density at radius 3 is 2.48 bits per heavy atom. The number of hydrogen-bond donors (Lipinski definition) is 2. The van der Waals surface area contributed by atoms with E-state index in [0.29, 0.717) is 18.7 Å². The van der Waals surface area contributed by atoms with Gasteiger partial charge in [0.1, 0.15) is 5.76 Å². The number of Topliss-reactive ketones (excluding diaryl/α,β-unsaturated/α-hetero) is 1. The van der Waals surface area contributed by atoms with Crippen molar-refractivity contribution in [1.82, 2.24) is 14.8 Å². The average molecular weight is 389 g/mol. The van der Waals surface area contributed by atoms with Gasteiger partial charge in [0.05, 0.1) is 11.6 Å². The van der Waals surface area contributed by atoms with Gasteiger partial charge >= 0.3 is 0 Å². The third kappa shape index (κ3) is 3.32. The molecular weight excluding hydrogens is 366 g/mol. The third-order valence-electron chi connectivity index (χ3n) is 5.29. The van der Waals surface area contributed by atoms with Gasteiger partial charge in [-0.15, -0.1) is 0 Å². The molecule has 1 atom stereocenters. The molecule has 3 aromatic rings. The second kappa shape index (κ2) is 7.56. The van der Waals surface area contributed by atoms with E-state index in [1.165, 1.54) is 0 Å². The number of nitrogens with one attached hydrogen (secondary N) is 1. The summed E-state index contributed by atoms with van der Waals surface area (Å²) in [4.78, 5) is 32.5. The van der Waals surface area contributed by atoms with Gasteiger partial charge in [-0.25, -0.2) is 0 Å². The molecule has 0 unspecified atom stereocenters. The number of hydrogen-bond acceptors (Lipinski definition) is 4. The van der Waals surface area contributed by atoms with Crippen LogP contribution in [0.1, 0.15) is 17.2 Å². The minimum absolute atomic E-state index is 0.129. The fraction of sp³-hybridized carbons (Fsp3) is 0.217. The summed E-state index contributed by atoms with van der Waals surface area (Å²) in [6, 6.07) is 16.3. The van der Waals surface area contributed by atoms with Gasteiger partial charge in [0.25, 0.3) is 11.7 Å². The lowest BCUT2D eigenvalue weighted by molar-refractivity contribution is -0.140. The number of likely N-dealkylation sites (N-methyl/N-ethyl adjacent to an activating group) is 1. The minimum atomic E-state index is -0.652. The normalized spacial score (nSPS) is 18.9. The van der Waals surface area contributed by atoms with Gasteiger partial charge in [-0.3, -0.25) is 9.59 Å². The number of aromatic nitrogens is 1. The first kappa shape index (κ1) is 19.0. The first-order valence-corrected chi connectivity index (χ1v) is 9.53. The highest BCUT2D eigenvalue weighted by Crippen LogP contribution is 2.40. The lowest BCUT2D eigenvalue weighted by atomic mass is 9.95. The van der Waals surface area contributed by atoms with Gasteiger partial charge < -0.3 is 19.9 Å². The van der Waals surface area contributed by atoms with Gasteiger partial charge in [0.2, 0.25) is 0 Å². The number of aliphatic hydroxyl groups excluding tert-OH is 1. The van der Waals surface area contributed by atoms with E-state index in [-0.39, 0.29) is 11.3 Å². The number of aromatic amines is 1. The molecule has 6 nitrogen and oxygen atoms in total. The Morgan fingerprint density at radius 1 is 1.07 bits per heavy atom. The van der Waals surface area contributed by atoms with Gasteiger partial charge in [-0.2, -0.15) is 0 Å². The molecule has 0 bridgehead atoms. The van der Waals surface area contributed by atoms with Crippen molar-refractivity contribution >= 4 is 28.4 Å². The number of benzene rings is 2. The fourth-order valence-corrected chi connectivity index (χ4v) is 3.81. The molecule has 1 aliphatic heterocycles. The van der Waals surface area contributed by atoms with Crippen molar-refractivity contribution in [2.45, 2.75) is 6.04 Å². The molecule has 29 heavy (non-hydrogen) atoms. The highest BCUT2D eigenvalue weighted by molar-refractivity contribution is 6.46. The number of amides is 1. The first-order valence-electron chi connectivity index (χ1n) is 9.53. The second-order valence-electron chi connectivity index (χ2n) is 7.45. The van der Waals surface area contributed by atoms with E-state index in [2.05, 4.69) is 4.98 Å². The SMILES string of the molecule is CN(C)CCN1C(=O)C(=O)/C(=C(/O)c2c[nH]c3ccccc23)[C@H]1c1ccccc1. The summed E-state index contributed by atoms with van der Waals surface area (Å²) >= 11 is 0. The van der Waals surface area contributed by atoms with Crippen molar-refractivity contribution in [2.24, 2.45) is 0 Å². The number of nitrogens with zero attached hydrogens (tertiary/aromatic N) is 2. The monoisotopic (exact) mass is 389 g/mol. The van der Waals surface area contributed by atoms with Crippen LogP contribution in [0.5, 0.6) is 0 Å². The maximum Gasteiger partial charge on any atom is 0.295 e. The number of para-hydroxylation sites is 1. The Hall–Kier alpha value is -3.38. The number of H-pyrrole nitrogens is 1. The standard InChI is InChI=1S/C23H23N3O3/c1-25(2)12-13-26-20(15-8-4-3-5-9-15)19(22(28)23(26)29)21(27)17-14-24-18-11-7-6-10-16(17)18/h3-11,14,20,24,27H,12-13H2,1-2H3/b21-19+/t20-/m1/s1. The number of likely N-dealkylation sites (tertiary alicyclic amines) is 1. The van der Waals surface area contributed by atoms with Crippen LogP contribution in [0.4, 0.5) is 0 Å². The van der Waals surface area contributed by atoms with Crippen molar-refractivity contribution in [3.05, 3.63) is 77.5 Å². The van der Waals surface area contributed by atoms with Crippen LogP contribution in [-0.2, 0) is 9.59 Å². The molecule has 0 saturated carbocycles. The summed E-state index contributed by atoms with van der Waals surface area (Å²) in [5.74, 6) is -1.38. The zero-order valence-electron chi connectivity index (χ0n) is 16.4. The van der Waals surface area contributed by atoms with Crippen LogP contribution < -0.4 is 0 Å². The van der Waals surface area contributed by atoms with Crippen LogP contribution in [0.3, 0.4) is 0 Å². The largest absolute Gasteiger partial charge is 0.507 e. The highest BCUT2D eigenvalue weighted by atomic mass is 16.3. The van der Waals surface area contributed by atoms with Crippen molar-refractivity contribution in [3.8, 4) is 0 Å². The molecule has 0 spiro atoms. The molecule has 4 rings (SSSR count). The molecule has 2 heterocycles. The quantitative estimate of drug-likeness (QED) is 0.399. The molecular formula is C23H23N3O3. The number of aliphatic hydroxyl groups is 1. The number of carbonyl (C=O) groups is 2. The van der Waals surface area contributed by atoms with Gasteiger partial charge in [-0.05, 0) is 25.7 Å². The molecule has 2 aromatic carbocycles. The summed E-state index contributed by atoms with van der Waals surface area (Å²) in [5, 5.41) is 12.0. The molecule has 0 aliphatic carbocycles. The molecule has 1 fully saturated rings. The van der Waals surface area contributed by atoms with Crippen LogP contribution in [-0.4, -0.2) is 58.8 Å².